The summed E-state index contributed by atoms with van der Waals surface area (Å²) in [4.78, 5) is 19.2. The Hall–Kier alpha value is -2.00. The van der Waals surface area contributed by atoms with Crippen LogP contribution in [0.4, 0.5) is 0 Å². The second-order valence-electron chi connectivity index (χ2n) is 6.81. The second kappa shape index (κ2) is 9.47. The summed E-state index contributed by atoms with van der Waals surface area (Å²) in [7, 11) is -3.66. The molecular formula is C19H25ClN4O3S. The summed E-state index contributed by atoms with van der Waals surface area (Å²) in [5.41, 5.74) is 1.31. The predicted molar refractivity (Wildman–Crippen MR) is 110 cm³/mol. The molecule has 9 heteroatoms. The lowest BCUT2D eigenvalue weighted by Gasteiger charge is -2.36. The molecule has 7 nitrogen and oxygen atoms in total. The number of carbonyl (C=O) groups is 1. The van der Waals surface area contributed by atoms with E-state index in [1.807, 2.05) is 12.1 Å². The van der Waals surface area contributed by atoms with Gasteiger partial charge in [-0.1, -0.05) is 12.1 Å². The highest BCUT2D eigenvalue weighted by Crippen LogP contribution is 2.24. The van der Waals surface area contributed by atoms with Gasteiger partial charge in [0.2, 0.25) is 10.0 Å². The first-order chi connectivity index (χ1) is 12.9. The Balaban J connectivity index is 0.00000280. The number of piperazine rings is 1. The summed E-state index contributed by atoms with van der Waals surface area (Å²) in [6, 6.07) is 9.61. The molecular weight excluding hydrogens is 400 g/mol. The van der Waals surface area contributed by atoms with Crippen molar-refractivity contribution >= 4 is 28.3 Å². The maximum atomic E-state index is 13.1. The summed E-state index contributed by atoms with van der Waals surface area (Å²) < 4.78 is 27.4. The Bertz CT molecular complexity index is 906. The molecule has 2 aromatic rings. The average molecular weight is 425 g/mol. The molecule has 0 aliphatic carbocycles. The van der Waals surface area contributed by atoms with Gasteiger partial charge in [-0.2, -0.15) is 0 Å². The predicted octanol–water partition coefficient (Wildman–Crippen LogP) is 1.98. The first kappa shape index (κ1) is 22.3. The molecule has 0 bridgehead atoms. The van der Waals surface area contributed by atoms with E-state index in [0.29, 0.717) is 25.2 Å². The highest BCUT2D eigenvalue weighted by Gasteiger charge is 2.29. The molecule has 0 saturated carbocycles. The lowest BCUT2D eigenvalue weighted by Crippen LogP contribution is -2.48. The third-order valence-electron chi connectivity index (χ3n) is 4.36. The quantitative estimate of drug-likeness (QED) is 0.765. The molecule has 1 aromatic carbocycles. The van der Waals surface area contributed by atoms with Crippen LogP contribution in [0.5, 0.6) is 0 Å². The van der Waals surface area contributed by atoms with Gasteiger partial charge in [0.25, 0.3) is 5.91 Å². The van der Waals surface area contributed by atoms with Crippen LogP contribution in [0.1, 0.15) is 35.8 Å². The Morgan fingerprint density at radius 2 is 2.07 bits per heavy atom. The fraction of sp³-hybridized carbons (Fsp3) is 0.368. The topological polar surface area (TPSA) is 91.4 Å². The zero-order valence-corrected chi connectivity index (χ0v) is 17.5. The van der Waals surface area contributed by atoms with Crippen molar-refractivity contribution in [3.05, 3.63) is 59.9 Å². The van der Waals surface area contributed by atoms with Crippen LogP contribution in [0.3, 0.4) is 0 Å². The highest BCUT2D eigenvalue weighted by molar-refractivity contribution is 7.89. The van der Waals surface area contributed by atoms with Gasteiger partial charge in [0.15, 0.2) is 0 Å². The maximum absolute atomic E-state index is 13.1. The lowest BCUT2D eigenvalue weighted by molar-refractivity contribution is 0.0633. The molecule has 1 aliphatic rings. The van der Waals surface area contributed by atoms with Gasteiger partial charge < -0.3 is 10.2 Å². The third kappa shape index (κ3) is 5.08. The van der Waals surface area contributed by atoms with Crippen molar-refractivity contribution in [2.75, 3.05) is 19.6 Å². The van der Waals surface area contributed by atoms with Crippen LogP contribution in [-0.2, 0) is 10.0 Å². The Labute approximate surface area is 172 Å². The second-order valence-corrected chi connectivity index (χ2v) is 8.52. The van der Waals surface area contributed by atoms with Crippen LogP contribution in [0.25, 0.3) is 0 Å². The van der Waals surface area contributed by atoms with Gasteiger partial charge in [-0.25, -0.2) is 13.1 Å². The average Bonchev–Trinajstić information content (AvgIpc) is 2.67. The van der Waals surface area contributed by atoms with E-state index in [-0.39, 0.29) is 35.3 Å². The molecule has 1 amide bonds. The van der Waals surface area contributed by atoms with Crippen LogP contribution in [0.2, 0.25) is 0 Å². The molecule has 1 saturated heterocycles. The van der Waals surface area contributed by atoms with Crippen molar-refractivity contribution in [2.45, 2.75) is 30.8 Å². The molecule has 1 aromatic heterocycles. The molecule has 1 atom stereocenters. The summed E-state index contributed by atoms with van der Waals surface area (Å²) in [5.74, 6) is -0.188. The van der Waals surface area contributed by atoms with Crippen molar-refractivity contribution in [3.8, 4) is 0 Å². The Morgan fingerprint density at radius 1 is 1.29 bits per heavy atom. The number of nitrogens with zero attached hydrogens (tertiary/aromatic N) is 2. The monoisotopic (exact) mass is 424 g/mol. The van der Waals surface area contributed by atoms with Crippen LogP contribution >= 0.6 is 12.4 Å². The number of hydrogen-bond donors (Lipinski definition) is 2. The molecule has 2 N–H and O–H groups in total. The molecule has 0 spiro atoms. The fourth-order valence-corrected chi connectivity index (χ4v) is 4.46. The third-order valence-corrected chi connectivity index (χ3v) is 6.01. The van der Waals surface area contributed by atoms with E-state index in [4.69, 9.17) is 0 Å². The Morgan fingerprint density at radius 3 is 2.75 bits per heavy atom. The van der Waals surface area contributed by atoms with E-state index < -0.39 is 10.0 Å². The normalized spacial score (nSPS) is 17.2. The summed E-state index contributed by atoms with van der Waals surface area (Å²) >= 11 is 0. The first-order valence-corrected chi connectivity index (χ1v) is 10.4. The van der Waals surface area contributed by atoms with Crippen molar-refractivity contribution < 1.29 is 13.2 Å². The number of hydrogen-bond acceptors (Lipinski definition) is 5. The summed E-state index contributed by atoms with van der Waals surface area (Å²) in [6.07, 6.45) is 3.45. The Kier molecular flexibility index (Phi) is 7.54. The number of aromatic nitrogens is 1. The fourth-order valence-electron chi connectivity index (χ4n) is 3.16. The molecule has 2 heterocycles. The molecule has 0 radical (unpaired) electrons. The maximum Gasteiger partial charge on any atom is 0.254 e. The minimum Gasteiger partial charge on any atom is -0.329 e. The number of amides is 1. The standard InChI is InChI=1S/C19H24N4O3S.ClH/c1-14(2)22-27(25,26)17-7-3-5-15(11-17)19(24)23-10-9-21-13-18(23)16-6-4-8-20-12-16;/h3-8,11-12,14,18,21-22H,9-10,13H2,1-2H3;1H. The van der Waals surface area contributed by atoms with E-state index >= 15 is 0 Å². The molecule has 1 aliphatic heterocycles. The number of sulfonamides is 1. The van der Waals surface area contributed by atoms with Crippen molar-refractivity contribution in [3.63, 3.8) is 0 Å². The zero-order chi connectivity index (χ0) is 19.4. The number of nitrogens with one attached hydrogen (secondary N) is 2. The van der Waals surface area contributed by atoms with E-state index in [0.717, 1.165) is 5.56 Å². The summed E-state index contributed by atoms with van der Waals surface area (Å²) in [5, 5.41) is 3.30. The SMILES string of the molecule is CC(C)NS(=O)(=O)c1cccc(C(=O)N2CCNCC2c2cccnc2)c1.Cl. The molecule has 1 unspecified atom stereocenters. The van der Waals surface area contributed by atoms with Gasteiger partial charge >= 0.3 is 0 Å². The number of rotatable bonds is 5. The van der Waals surface area contributed by atoms with Gasteiger partial charge in [0.1, 0.15) is 0 Å². The number of benzene rings is 1. The molecule has 3 rings (SSSR count). The molecule has 28 heavy (non-hydrogen) atoms. The minimum atomic E-state index is -3.66. The molecule has 152 valence electrons. The van der Waals surface area contributed by atoms with Gasteiger partial charge in [-0.3, -0.25) is 9.78 Å². The van der Waals surface area contributed by atoms with E-state index in [2.05, 4.69) is 15.0 Å². The lowest BCUT2D eigenvalue weighted by atomic mass is 10.0. The van der Waals surface area contributed by atoms with Crippen LogP contribution < -0.4 is 10.0 Å². The van der Waals surface area contributed by atoms with Crippen molar-refractivity contribution in [1.29, 1.82) is 0 Å². The van der Waals surface area contributed by atoms with Crippen LogP contribution in [0, 0.1) is 0 Å². The number of carbonyl (C=O) groups excluding carboxylic acids is 1. The number of halogens is 1. The zero-order valence-electron chi connectivity index (χ0n) is 15.8. The first-order valence-electron chi connectivity index (χ1n) is 8.92. The smallest absolute Gasteiger partial charge is 0.254 e. The molecule has 1 fully saturated rings. The van der Waals surface area contributed by atoms with Crippen molar-refractivity contribution in [1.82, 2.24) is 19.9 Å². The van der Waals surface area contributed by atoms with Crippen LogP contribution in [0.15, 0.2) is 53.7 Å². The van der Waals surface area contributed by atoms with Gasteiger partial charge in [-0.05, 0) is 43.7 Å². The van der Waals surface area contributed by atoms with Gasteiger partial charge in [0.05, 0.1) is 10.9 Å². The highest BCUT2D eigenvalue weighted by atomic mass is 35.5. The summed E-state index contributed by atoms with van der Waals surface area (Å²) in [6.45, 7) is 5.37. The van der Waals surface area contributed by atoms with E-state index in [1.54, 1.807) is 43.3 Å². The van der Waals surface area contributed by atoms with Crippen LogP contribution in [-0.4, -0.2) is 49.9 Å². The van der Waals surface area contributed by atoms with Gasteiger partial charge in [-0.15, -0.1) is 12.4 Å². The van der Waals surface area contributed by atoms with E-state index in [1.165, 1.54) is 12.1 Å². The largest absolute Gasteiger partial charge is 0.329 e. The minimum absolute atomic E-state index is 0. The van der Waals surface area contributed by atoms with E-state index in [9.17, 15) is 13.2 Å². The van der Waals surface area contributed by atoms with Gasteiger partial charge in [0, 0.05) is 43.6 Å². The number of pyridine rings is 1. The van der Waals surface area contributed by atoms with Crippen molar-refractivity contribution in [2.24, 2.45) is 0 Å².